The number of hydrogen-bond acceptors (Lipinski definition) is 9. The van der Waals surface area contributed by atoms with Gasteiger partial charge in [0.2, 0.25) is 5.91 Å². The largest absolute Gasteiger partial charge is 0.394 e. The molecule has 0 aromatic rings. The predicted octanol–water partition coefficient (Wildman–Crippen LogP) is 7.08. The molecule has 1 aliphatic rings. The van der Waals surface area contributed by atoms with Crippen molar-refractivity contribution in [2.45, 2.75) is 217 Å². The number of carbonyl (C=O) groups is 1. The average molecular weight is 754 g/mol. The summed E-state index contributed by atoms with van der Waals surface area (Å²) in [6.07, 6.45) is 29.4. The molecular formula is C43H79NO9. The van der Waals surface area contributed by atoms with E-state index < -0.39 is 61.5 Å². The Bertz CT molecular complexity index is 943. The molecule has 1 saturated heterocycles. The highest BCUT2D eigenvalue weighted by Crippen LogP contribution is 2.22. The Morgan fingerprint density at radius 3 is 1.72 bits per heavy atom. The second-order valence-electron chi connectivity index (χ2n) is 14.9. The lowest BCUT2D eigenvalue weighted by atomic mass is 9.99. The van der Waals surface area contributed by atoms with Gasteiger partial charge in [0, 0.05) is 0 Å². The third-order valence-electron chi connectivity index (χ3n) is 10.1. The van der Waals surface area contributed by atoms with Crippen molar-refractivity contribution < 1.29 is 44.9 Å². The zero-order valence-corrected chi connectivity index (χ0v) is 33.4. The minimum absolute atomic E-state index is 0.297. The molecule has 10 heteroatoms. The SMILES string of the molecule is CCCCC/C=C\C/C=C\CCCCCCCCC(O)C(=O)NC(COC1OC(CO)C(O)C(O)C1O)C(O)/C=C/CCCCCCCCCCCC. The first-order valence-electron chi connectivity index (χ1n) is 21.3. The van der Waals surface area contributed by atoms with E-state index in [1.807, 2.05) is 6.08 Å². The van der Waals surface area contributed by atoms with Crippen molar-refractivity contribution in [3.05, 3.63) is 36.5 Å². The molecule has 0 aromatic carbocycles. The predicted molar refractivity (Wildman–Crippen MR) is 213 cm³/mol. The van der Waals surface area contributed by atoms with Crippen molar-refractivity contribution in [2.24, 2.45) is 0 Å². The topological polar surface area (TPSA) is 169 Å². The van der Waals surface area contributed by atoms with E-state index in [4.69, 9.17) is 9.47 Å². The highest BCUT2D eigenvalue weighted by molar-refractivity contribution is 5.80. The molecule has 0 aromatic heterocycles. The molecule has 8 unspecified atom stereocenters. The van der Waals surface area contributed by atoms with Crippen molar-refractivity contribution in [1.29, 1.82) is 0 Å². The van der Waals surface area contributed by atoms with E-state index in [9.17, 15) is 35.4 Å². The number of aliphatic hydroxyl groups excluding tert-OH is 6. The number of allylic oxidation sites excluding steroid dienone is 5. The van der Waals surface area contributed by atoms with E-state index in [0.717, 1.165) is 64.2 Å². The number of amides is 1. The molecule has 310 valence electrons. The Morgan fingerprint density at radius 1 is 0.660 bits per heavy atom. The van der Waals surface area contributed by atoms with Gasteiger partial charge in [0.1, 0.15) is 30.5 Å². The first-order valence-corrected chi connectivity index (χ1v) is 21.3. The van der Waals surface area contributed by atoms with Crippen molar-refractivity contribution in [3.63, 3.8) is 0 Å². The van der Waals surface area contributed by atoms with Crippen molar-refractivity contribution in [2.75, 3.05) is 13.2 Å². The molecule has 10 nitrogen and oxygen atoms in total. The van der Waals surface area contributed by atoms with Gasteiger partial charge in [0.25, 0.3) is 0 Å². The molecular weight excluding hydrogens is 674 g/mol. The summed E-state index contributed by atoms with van der Waals surface area (Å²) in [5.41, 5.74) is 0. The number of unbranched alkanes of at least 4 members (excludes halogenated alkanes) is 19. The van der Waals surface area contributed by atoms with Gasteiger partial charge in [0.05, 0.1) is 25.4 Å². The average Bonchev–Trinajstić information content (AvgIpc) is 3.16. The Morgan fingerprint density at radius 2 is 1.15 bits per heavy atom. The lowest BCUT2D eigenvalue weighted by molar-refractivity contribution is -0.302. The fourth-order valence-corrected chi connectivity index (χ4v) is 6.48. The number of aliphatic hydroxyl groups is 6. The fourth-order valence-electron chi connectivity index (χ4n) is 6.48. The maximum atomic E-state index is 13.0. The van der Waals surface area contributed by atoms with Crippen molar-refractivity contribution >= 4 is 5.91 Å². The monoisotopic (exact) mass is 754 g/mol. The van der Waals surface area contributed by atoms with Crippen LogP contribution in [0.1, 0.15) is 168 Å². The number of ether oxygens (including phenoxy) is 2. The lowest BCUT2D eigenvalue weighted by Gasteiger charge is -2.40. The zero-order chi connectivity index (χ0) is 38.9. The summed E-state index contributed by atoms with van der Waals surface area (Å²) in [7, 11) is 0. The van der Waals surface area contributed by atoms with E-state index in [0.29, 0.717) is 12.8 Å². The van der Waals surface area contributed by atoms with E-state index in [1.54, 1.807) is 6.08 Å². The Kier molecular flexibility index (Phi) is 31.4. The molecule has 1 amide bonds. The van der Waals surface area contributed by atoms with Gasteiger partial charge in [0.15, 0.2) is 6.29 Å². The van der Waals surface area contributed by atoms with E-state index in [-0.39, 0.29) is 6.61 Å². The standard InChI is InChI=1S/C43H79NO9/c1-3-5-7-9-11-13-15-17-18-19-20-22-24-26-28-30-32-37(47)42(51)44-35(34-52-43-41(50)40(49)39(48)38(33-45)53-43)36(46)31-29-27-25-23-21-16-14-12-10-8-6-4-2/h11,13,17-18,29,31,35-41,43,45-50H,3-10,12,14-16,19-28,30,32-34H2,1-2H3,(H,44,51)/b13-11-,18-17-,31-29+. The molecule has 1 aliphatic heterocycles. The van der Waals surface area contributed by atoms with Gasteiger partial charge in [-0.15, -0.1) is 0 Å². The third-order valence-corrected chi connectivity index (χ3v) is 10.1. The van der Waals surface area contributed by atoms with Crippen LogP contribution in [0.25, 0.3) is 0 Å². The smallest absolute Gasteiger partial charge is 0.249 e. The van der Waals surface area contributed by atoms with Crippen molar-refractivity contribution in [3.8, 4) is 0 Å². The van der Waals surface area contributed by atoms with Crippen LogP contribution in [0.5, 0.6) is 0 Å². The third kappa shape index (κ3) is 24.5. The summed E-state index contributed by atoms with van der Waals surface area (Å²) >= 11 is 0. The summed E-state index contributed by atoms with van der Waals surface area (Å²) in [6.45, 7) is 3.54. The molecule has 53 heavy (non-hydrogen) atoms. The summed E-state index contributed by atoms with van der Waals surface area (Å²) in [5.74, 6) is -0.628. The summed E-state index contributed by atoms with van der Waals surface area (Å²) in [5, 5.41) is 64.4. The van der Waals surface area contributed by atoms with Crippen LogP contribution in [0.2, 0.25) is 0 Å². The Hall–Kier alpha value is -1.63. The second-order valence-corrected chi connectivity index (χ2v) is 14.9. The normalized spacial score (nSPS) is 22.6. The van der Waals surface area contributed by atoms with Crippen molar-refractivity contribution in [1.82, 2.24) is 5.32 Å². The van der Waals surface area contributed by atoms with E-state index in [1.165, 1.54) is 77.0 Å². The van der Waals surface area contributed by atoms with Crippen LogP contribution in [0, 0.1) is 0 Å². The summed E-state index contributed by atoms with van der Waals surface area (Å²) in [6, 6.07) is -0.982. The maximum Gasteiger partial charge on any atom is 0.249 e. The molecule has 0 aliphatic carbocycles. The van der Waals surface area contributed by atoms with Crippen LogP contribution in [-0.4, -0.2) is 98.7 Å². The summed E-state index contributed by atoms with van der Waals surface area (Å²) < 4.78 is 11.1. The molecule has 1 fully saturated rings. The highest BCUT2D eigenvalue weighted by Gasteiger charge is 2.44. The van der Waals surface area contributed by atoms with Crippen LogP contribution in [0.4, 0.5) is 0 Å². The molecule has 7 N–H and O–H groups in total. The van der Waals surface area contributed by atoms with Gasteiger partial charge in [-0.1, -0.05) is 153 Å². The van der Waals surface area contributed by atoms with Gasteiger partial charge in [-0.05, 0) is 51.4 Å². The Balaban J connectivity index is 2.47. The molecule has 1 heterocycles. The summed E-state index contributed by atoms with van der Waals surface area (Å²) in [4.78, 5) is 13.0. The molecule has 1 rings (SSSR count). The maximum absolute atomic E-state index is 13.0. The number of rotatable bonds is 34. The first-order chi connectivity index (χ1) is 25.8. The second kappa shape index (κ2) is 33.7. The van der Waals surface area contributed by atoms with Gasteiger partial charge in [-0.2, -0.15) is 0 Å². The molecule has 0 saturated carbocycles. The molecule has 8 atom stereocenters. The van der Waals surface area contributed by atoms with Crippen LogP contribution in [0.3, 0.4) is 0 Å². The number of carbonyl (C=O) groups excluding carboxylic acids is 1. The fraction of sp³-hybridized carbons (Fsp3) is 0.837. The zero-order valence-electron chi connectivity index (χ0n) is 33.4. The molecule has 0 bridgehead atoms. The molecule has 0 spiro atoms. The highest BCUT2D eigenvalue weighted by atomic mass is 16.7. The lowest BCUT2D eigenvalue weighted by Crippen LogP contribution is -2.60. The minimum atomic E-state index is -1.61. The van der Waals surface area contributed by atoms with Crippen LogP contribution in [-0.2, 0) is 14.3 Å². The van der Waals surface area contributed by atoms with Crippen LogP contribution < -0.4 is 5.32 Å². The first kappa shape index (κ1) is 49.4. The van der Waals surface area contributed by atoms with Crippen LogP contribution in [0.15, 0.2) is 36.5 Å². The minimum Gasteiger partial charge on any atom is -0.394 e. The number of hydrogen-bond donors (Lipinski definition) is 7. The van der Waals surface area contributed by atoms with Gasteiger partial charge in [-0.25, -0.2) is 0 Å². The van der Waals surface area contributed by atoms with Gasteiger partial charge < -0.3 is 45.4 Å². The van der Waals surface area contributed by atoms with Gasteiger partial charge >= 0.3 is 0 Å². The number of nitrogens with one attached hydrogen (secondary N) is 1. The quantitative estimate of drug-likeness (QED) is 0.0268. The Labute approximate surface area is 322 Å². The van der Waals surface area contributed by atoms with E-state index in [2.05, 4.69) is 43.5 Å². The van der Waals surface area contributed by atoms with Crippen LogP contribution >= 0.6 is 0 Å². The van der Waals surface area contributed by atoms with Gasteiger partial charge in [-0.3, -0.25) is 4.79 Å². The van der Waals surface area contributed by atoms with E-state index >= 15 is 0 Å². The molecule has 0 radical (unpaired) electrons.